The summed E-state index contributed by atoms with van der Waals surface area (Å²) >= 11 is 0.738. The van der Waals surface area contributed by atoms with Crippen molar-refractivity contribution in [2.24, 2.45) is 5.14 Å². The molecule has 1 heterocycles. The van der Waals surface area contributed by atoms with Gasteiger partial charge in [-0.05, 0) is 29.9 Å². The molecule has 0 unspecified atom stereocenters. The van der Waals surface area contributed by atoms with Crippen LogP contribution in [-0.4, -0.2) is 19.5 Å². The van der Waals surface area contributed by atoms with Crippen LogP contribution >= 0.6 is 11.3 Å². The van der Waals surface area contributed by atoms with E-state index in [0.717, 1.165) is 30.6 Å². The number of sulfonamides is 1. The van der Waals surface area contributed by atoms with Gasteiger partial charge in [0.15, 0.2) is 0 Å². The van der Waals surface area contributed by atoms with E-state index in [9.17, 15) is 13.2 Å². The Morgan fingerprint density at radius 2 is 2.12 bits per heavy atom. The average Bonchev–Trinajstić information content (AvgIpc) is 2.57. The fourth-order valence-electron chi connectivity index (χ4n) is 2.09. The van der Waals surface area contributed by atoms with Gasteiger partial charge in [0.2, 0.25) is 10.0 Å². The monoisotopic (exact) mass is 275 g/mol. The molecule has 1 aromatic rings. The summed E-state index contributed by atoms with van der Waals surface area (Å²) < 4.78 is 22.4. The van der Waals surface area contributed by atoms with Crippen LogP contribution in [0.1, 0.15) is 41.4 Å². The lowest BCUT2D eigenvalue weighted by Crippen LogP contribution is -2.31. The smallest absolute Gasteiger partial charge is 0.346 e. The van der Waals surface area contributed by atoms with E-state index in [-0.39, 0.29) is 14.5 Å². The van der Waals surface area contributed by atoms with Crippen molar-refractivity contribution in [3.8, 4) is 0 Å². The lowest BCUT2D eigenvalue weighted by Gasteiger charge is -2.38. The van der Waals surface area contributed by atoms with E-state index < -0.39 is 16.0 Å². The Morgan fingerprint density at radius 1 is 1.53 bits per heavy atom. The maximum Gasteiger partial charge on any atom is 0.346 e. The van der Waals surface area contributed by atoms with Crippen molar-refractivity contribution < 1.29 is 18.3 Å². The zero-order chi connectivity index (χ0) is 12.8. The molecule has 0 radical (unpaired) electrons. The molecule has 2 rings (SSSR count). The maximum absolute atomic E-state index is 11.2. The van der Waals surface area contributed by atoms with Crippen LogP contribution in [0.3, 0.4) is 0 Å². The molecule has 0 aliphatic heterocycles. The van der Waals surface area contributed by atoms with E-state index in [1.807, 2.05) is 6.92 Å². The second kappa shape index (κ2) is 3.79. The molecule has 1 aliphatic carbocycles. The molecule has 0 spiro atoms. The minimum atomic E-state index is -3.83. The second-order valence-corrected chi connectivity index (χ2v) is 7.41. The normalized spacial score (nSPS) is 18.7. The Labute approximate surface area is 103 Å². The summed E-state index contributed by atoms with van der Waals surface area (Å²) in [4.78, 5) is 11.2. The SMILES string of the molecule is CC1(c2cc(S(N)(=O)=O)sc2C(=O)O)CCC1. The molecule has 3 N–H and O–H groups in total. The van der Waals surface area contributed by atoms with Crippen LogP contribution in [0.25, 0.3) is 0 Å². The highest BCUT2D eigenvalue weighted by atomic mass is 32.2. The first-order chi connectivity index (χ1) is 7.74. The van der Waals surface area contributed by atoms with E-state index in [1.54, 1.807) is 0 Å². The Bertz CT molecular complexity index is 569. The van der Waals surface area contributed by atoms with E-state index in [0.29, 0.717) is 5.56 Å². The number of carboxylic acid groups (broad SMARTS) is 1. The lowest BCUT2D eigenvalue weighted by molar-refractivity contribution is 0.0697. The molecule has 1 aliphatic rings. The van der Waals surface area contributed by atoms with Crippen LogP contribution in [0.15, 0.2) is 10.3 Å². The summed E-state index contributed by atoms with van der Waals surface area (Å²) in [6, 6.07) is 1.42. The number of rotatable bonds is 3. The molecule has 0 bridgehead atoms. The summed E-state index contributed by atoms with van der Waals surface area (Å²) in [5.41, 5.74) is 0.387. The van der Waals surface area contributed by atoms with Gasteiger partial charge in [0.25, 0.3) is 0 Å². The fourth-order valence-corrected chi connectivity index (χ4v) is 3.97. The number of aromatic carboxylic acids is 1. The third-order valence-electron chi connectivity index (χ3n) is 3.29. The van der Waals surface area contributed by atoms with Crippen molar-refractivity contribution in [3.05, 3.63) is 16.5 Å². The maximum atomic E-state index is 11.2. The summed E-state index contributed by atoms with van der Waals surface area (Å²) in [6.45, 7) is 1.96. The molecule has 1 fully saturated rings. The molecule has 0 atom stereocenters. The molecule has 5 nitrogen and oxygen atoms in total. The number of carboxylic acids is 1. The van der Waals surface area contributed by atoms with E-state index in [4.69, 9.17) is 10.2 Å². The highest BCUT2D eigenvalue weighted by Gasteiger charge is 2.38. The molecule has 0 aromatic carbocycles. The summed E-state index contributed by atoms with van der Waals surface area (Å²) in [6.07, 6.45) is 2.80. The zero-order valence-corrected chi connectivity index (χ0v) is 10.9. The largest absolute Gasteiger partial charge is 0.477 e. The van der Waals surface area contributed by atoms with E-state index in [2.05, 4.69) is 0 Å². The summed E-state index contributed by atoms with van der Waals surface area (Å²) in [5, 5.41) is 14.1. The van der Waals surface area contributed by atoms with Crippen molar-refractivity contribution >= 4 is 27.3 Å². The molecule has 1 saturated carbocycles. The Morgan fingerprint density at radius 3 is 2.47 bits per heavy atom. The van der Waals surface area contributed by atoms with Crippen LogP contribution in [0.5, 0.6) is 0 Å². The first-order valence-corrected chi connectivity index (χ1v) is 7.51. The van der Waals surface area contributed by atoms with Gasteiger partial charge in [-0.3, -0.25) is 0 Å². The van der Waals surface area contributed by atoms with Gasteiger partial charge in [0.05, 0.1) is 0 Å². The highest BCUT2D eigenvalue weighted by molar-refractivity contribution is 7.91. The van der Waals surface area contributed by atoms with Gasteiger partial charge in [-0.25, -0.2) is 18.4 Å². The Balaban J connectivity index is 2.58. The van der Waals surface area contributed by atoms with Crippen LogP contribution < -0.4 is 5.14 Å². The standard InChI is InChI=1S/C10H13NO4S2/c1-10(3-2-4-10)6-5-7(17(11,14)15)16-8(6)9(12)13/h5H,2-4H2,1H3,(H,12,13)(H2,11,14,15). The molecule has 0 saturated heterocycles. The number of thiophene rings is 1. The molecule has 7 heteroatoms. The minimum absolute atomic E-state index is 0.0713. The minimum Gasteiger partial charge on any atom is -0.477 e. The number of carbonyl (C=O) groups is 1. The van der Waals surface area contributed by atoms with Gasteiger partial charge in [0, 0.05) is 0 Å². The van der Waals surface area contributed by atoms with Gasteiger partial charge in [0.1, 0.15) is 9.09 Å². The average molecular weight is 275 g/mol. The molecule has 94 valence electrons. The fraction of sp³-hybridized carbons (Fsp3) is 0.500. The van der Waals surface area contributed by atoms with E-state index >= 15 is 0 Å². The molecular formula is C10H13NO4S2. The topological polar surface area (TPSA) is 97.5 Å². The van der Waals surface area contributed by atoms with Crippen molar-refractivity contribution in [2.75, 3.05) is 0 Å². The Hall–Kier alpha value is -0.920. The lowest BCUT2D eigenvalue weighted by atomic mass is 9.66. The number of nitrogens with two attached hydrogens (primary N) is 1. The highest BCUT2D eigenvalue weighted by Crippen LogP contribution is 2.47. The van der Waals surface area contributed by atoms with Crippen LogP contribution in [0.4, 0.5) is 0 Å². The molecule has 0 amide bonds. The number of primary sulfonamides is 1. The summed E-state index contributed by atoms with van der Waals surface area (Å²) in [5.74, 6) is -1.09. The van der Waals surface area contributed by atoms with Crippen molar-refractivity contribution in [1.29, 1.82) is 0 Å². The van der Waals surface area contributed by atoms with Gasteiger partial charge in [-0.2, -0.15) is 0 Å². The van der Waals surface area contributed by atoms with Gasteiger partial charge >= 0.3 is 5.97 Å². The van der Waals surface area contributed by atoms with Gasteiger partial charge in [-0.1, -0.05) is 13.3 Å². The Kier molecular flexibility index (Phi) is 2.80. The first kappa shape index (κ1) is 12.5. The van der Waals surface area contributed by atoms with Crippen LogP contribution in [0, 0.1) is 0 Å². The predicted octanol–water partition coefficient (Wildman–Crippen LogP) is 1.54. The number of hydrogen-bond donors (Lipinski definition) is 2. The van der Waals surface area contributed by atoms with E-state index in [1.165, 1.54) is 6.07 Å². The van der Waals surface area contributed by atoms with Crippen molar-refractivity contribution in [3.63, 3.8) is 0 Å². The summed E-state index contributed by atoms with van der Waals surface area (Å²) in [7, 11) is -3.83. The number of hydrogen-bond acceptors (Lipinski definition) is 4. The van der Waals surface area contributed by atoms with Crippen molar-refractivity contribution in [1.82, 2.24) is 0 Å². The quantitative estimate of drug-likeness (QED) is 0.874. The first-order valence-electron chi connectivity index (χ1n) is 5.14. The molecular weight excluding hydrogens is 262 g/mol. The third kappa shape index (κ3) is 2.10. The zero-order valence-electron chi connectivity index (χ0n) is 9.26. The van der Waals surface area contributed by atoms with Gasteiger partial charge < -0.3 is 5.11 Å². The van der Waals surface area contributed by atoms with Crippen molar-refractivity contribution in [2.45, 2.75) is 35.8 Å². The second-order valence-electron chi connectivity index (χ2n) is 4.57. The van der Waals surface area contributed by atoms with Gasteiger partial charge in [-0.15, -0.1) is 11.3 Å². The molecule has 1 aromatic heterocycles. The third-order valence-corrected chi connectivity index (χ3v) is 5.83. The predicted molar refractivity (Wildman–Crippen MR) is 63.9 cm³/mol. The van der Waals surface area contributed by atoms with Crippen LogP contribution in [0.2, 0.25) is 0 Å². The van der Waals surface area contributed by atoms with Crippen LogP contribution in [-0.2, 0) is 15.4 Å². The molecule has 17 heavy (non-hydrogen) atoms.